The van der Waals surface area contributed by atoms with Crippen molar-refractivity contribution < 1.29 is 9.53 Å². The number of pyridine rings is 1. The van der Waals surface area contributed by atoms with Crippen LogP contribution < -0.4 is 15.4 Å². The van der Waals surface area contributed by atoms with Gasteiger partial charge in [0.25, 0.3) is 0 Å². The molecule has 0 unspecified atom stereocenters. The summed E-state index contributed by atoms with van der Waals surface area (Å²) in [5.74, 6) is 0.879. The first-order chi connectivity index (χ1) is 11.3. The number of urea groups is 1. The molecule has 120 valence electrons. The lowest BCUT2D eigenvalue weighted by Crippen LogP contribution is -2.37. The van der Waals surface area contributed by atoms with Crippen LogP contribution in [-0.4, -0.2) is 24.2 Å². The lowest BCUT2D eigenvalue weighted by molar-refractivity contribution is 0.236. The molecular weight excluding hydrogens is 290 g/mol. The van der Waals surface area contributed by atoms with E-state index in [1.807, 2.05) is 18.2 Å². The molecule has 1 aliphatic rings. The lowest BCUT2D eigenvalue weighted by Gasteiger charge is -2.10. The van der Waals surface area contributed by atoms with Gasteiger partial charge in [0, 0.05) is 18.9 Å². The Hall–Kier alpha value is -2.56. The van der Waals surface area contributed by atoms with Crippen LogP contribution in [0.1, 0.15) is 23.1 Å². The molecule has 0 atom stereocenters. The number of hydrogen-bond acceptors (Lipinski definition) is 3. The predicted molar refractivity (Wildman–Crippen MR) is 88.4 cm³/mol. The summed E-state index contributed by atoms with van der Waals surface area (Å²) in [5.41, 5.74) is 3.85. The molecule has 2 N–H and O–H groups in total. The predicted octanol–water partition coefficient (Wildman–Crippen LogP) is 2.45. The van der Waals surface area contributed by atoms with Gasteiger partial charge in [-0.15, -0.1) is 0 Å². The van der Waals surface area contributed by atoms with E-state index >= 15 is 0 Å². The summed E-state index contributed by atoms with van der Waals surface area (Å²) in [7, 11) is 0. The van der Waals surface area contributed by atoms with Gasteiger partial charge >= 0.3 is 6.03 Å². The summed E-state index contributed by atoms with van der Waals surface area (Å²) in [6, 6.07) is 9.82. The monoisotopic (exact) mass is 311 g/mol. The number of aryl methyl sites for hydroxylation is 2. The Morgan fingerprint density at radius 3 is 2.78 bits per heavy atom. The molecule has 23 heavy (non-hydrogen) atoms. The van der Waals surface area contributed by atoms with Crippen LogP contribution in [0.4, 0.5) is 4.79 Å². The van der Waals surface area contributed by atoms with Gasteiger partial charge in [0.05, 0.1) is 6.54 Å². The average Bonchev–Trinajstić information content (AvgIpc) is 3.05. The van der Waals surface area contributed by atoms with Gasteiger partial charge in [0.15, 0.2) is 0 Å². The molecule has 1 heterocycles. The highest BCUT2D eigenvalue weighted by molar-refractivity contribution is 5.73. The second kappa shape index (κ2) is 7.63. The van der Waals surface area contributed by atoms with Crippen molar-refractivity contribution in [3.8, 4) is 5.75 Å². The summed E-state index contributed by atoms with van der Waals surface area (Å²) in [5, 5.41) is 5.58. The van der Waals surface area contributed by atoms with Crippen molar-refractivity contribution in [3.63, 3.8) is 0 Å². The fourth-order valence-corrected chi connectivity index (χ4v) is 2.72. The number of ether oxygens (including phenoxy) is 1. The molecule has 1 aromatic heterocycles. The normalized spacial score (nSPS) is 12.5. The van der Waals surface area contributed by atoms with E-state index in [0.717, 1.165) is 17.7 Å². The number of aromatic nitrogens is 1. The molecule has 0 saturated heterocycles. The standard InChI is InChI=1S/C18H21N3O2/c22-18(21-13-14-6-8-19-9-7-14)20-10-11-23-17-5-4-15-2-1-3-16(15)12-17/h4-9,12H,1-3,10-11,13H2,(H2,20,21,22). The van der Waals surface area contributed by atoms with E-state index in [4.69, 9.17) is 4.74 Å². The van der Waals surface area contributed by atoms with Gasteiger partial charge in [-0.1, -0.05) is 6.07 Å². The number of benzene rings is 1. The van der Waals surface area contributed by atoms with E-state index in [0.29, 0.717) is 19.7 Å². The topological polar surface area (TPSA) is 63.2 Å². The van der Waals surface area contributed by atoms with Crippen LogP contribution in [-0.2, 0) is 19.4 Å². The molecule has 5 heteroatoms. The molecular formula is C18H21N3O2. The fraction of sp³-hybridized carbons (Fsp3) is 0.333. The van der Waals surface area contributed by atoms with Gasteiger partial charge in [-0.3, -0.25) is 4.98 Å². The largest absolute Gasteiger partial charge is 0.492 e. The first-order valence-electron chi connectivity index (χ1n) is 7.96. The molecule has 2 amide bonds. The quantitative estimate of drug-likeness (QED) is 0.806. The minimum atomic E-state index is -0.195. The van der Waals surface area contributed by atoms with E-state index in [1.165, 1.54) is 24.0 Å². The molecule has 1 aliphatic carbocycles. The number of nitrogens with one attached hydrogen (secondary N) is 2. The molecule has 1 aromatic carbocycles. The Balaban J connectivity index is 1.34. The maximum Gasteiger partial charge on any atom is 0.315 e. The van der Waals surface area contributed by atoms with Crippen molar-refractivity contribution in [3.05, 3.63) is 59.4 Å². The number of nitrogens with zero attached hydrogens (tertiary/aromatic N) is 1. The van der Waals surface area contributed by atoms with Crippen molar-refractivity contribution >= 4 is 6.03 Å². The molecule has 3 rings (SSSR count). The van der Waals surface area contributed by atoms with E-state index in [2.05, 4.69) is 27.8 Å². The summed E-state index contributed by atoms with van der Waals surface area (Å²) in [6.45, 7) is 1.42. The van der Waals surface area contributed by atoms with E-state index in [9.17, 15) is 4.79 Å². The third kappa shape index (κ3) is 4.45. The molecule has 0 bridgehead atoms. The zero-order valence-corrected chi connectivity index (χ0v) is 13.0. The lowest BCUT2D eigenvalue weighted by atomic mass is 10.1. The third-order valence-corrected chi connectivity index (χ3v) is 3.93. The van der Waals surface area contributed by atoms with E-state index in [1.54, 1.807) is 12.4 Å². The number of amides is 2. The number of hydrogen-bond donors (Lipinski definition) is 2. The van der Waals surface area contributed by atoms with Crippen LogP contribution in [0.2, 0.25) is 0 Å². The molecule has 0 spiro atoms. The van der Waals surface area contributed by atoms with Crippen LogP contribution >= 0.6 is 0 Å². The number of rotatable bonds is 6. The third-order valence-electron chi connectivity index (χ3n) is 3.93. The number of fused-ring (bicyclic) bond motifs is 1. The summed E-state index contributed by atoms with van der Waals surface area (Å²) < 4.78 is 5.69. The Morgan fingerprint density at radius 1 is 1.09 bits per heavy atom. The first kappa shape index (κ1) is 15.3. The van der Waals surface area contributed by atoms with Crippen LogP contribution in [0.5, 0.6) is 5.75 Å². The smallest absolute Gasteiger partial charge is 0.315 e. The van der Waals surface area contributed by atoms with Crippen LogP contribution in [0.3, 0.4) is 0 Å². The summed E-state index contributed by atoms with van der Waals surface area (Å²) >= 11 is 0. The Labute approximate surface area is 136 Å². The van der Waals surface area contributed by atoms with E-state index < -0.39 is 0 Å². The van der Waals surface area contributed by atoms with E-state index in [-0.39, 0.29) is 6.03 Å². The van der Waals surface area contributed by atoms with Gasteiger partial charge in [-0.05, 0) is 60.2 Å². The minimum Gasteiger partial charge on any atom is -0.492 e. The van der Waals surface area contributed by atoms with Crippen molar-refractivity contribution in [1.29, 1.82) is 0 Å². The van der Waals surface area contributed by atoms with Gasteiger partial charge < -0.3 is 15.4 Å². The highest BCUT2D eigenvalue weighted by atomic mass is 16.5. The zero-order valence-electron chi connectivity index (χ0n) is 13.0. The molecule has 5 nitrogen and oxygen atoms in total. The number of carbonyl (C=O) groups is 1. The first-order valence-corrected chi connectivity index (χ1v) is 7.96. The van der Waals surface area contributed by atoms with Gasteiger partial charge in [0.2, 0.25) is 0 Å². The molecule has 2 aromatic rings. The van der Waals surface area contributed by atoms with Crippen LogP contribution in [0, 0.1) is 0 Å². The number of carbonyl (C=O) groups excluding carboxylic acids is 1. The highest BCUT2D eigenvalue weighted by Gasteiger charge is 2.11. The average molecular weight is 311 g/mol. The Morgan fingerprint density at radius 2 is 1.91 bits per heavy atom. The minimum absolute atomic E-state index is 0.195. The second-order valence-corrected chi connectivity index (χ2v) is 5.60. The van der Waals surface area contributed by atoms with Crippen molar-refractivity contribution in [2.45, 2.75) is 25.8 Å². The Bertz CT molecular complexity index is 659. The van der Waals surface area contributed by atoms with Gasteiger partial charge in [-0.25, -0.2) is 4.79 Å². The maximum absolute atomic E-state index is 11.7. The SMILES string of the molecule is O=C(NCCOc1ccc2c(c1)CCC2)NCc1ccncc1. The van der Waals surface area contributed by atoms with Crippen molar-refractivity contribution in [2.24, 2.45) is 0 Å². The molecule has 0 fully saturated rings. The highest BCUT2D eigenvalue weighted by Crippen LogP contribution is 2.25. The molecule has 0 radical (unpaired) electrons. The molecule has 0 saturated carbocycles. The van der Waals surface area contributed by atoms with Crippen molar-refractivity contribution in [1.82, 2.24) is 15.6 Å². The summed E-state index contributed by atoms with van der Waals surface area (Å²) in [4.78, 5) is 15.6. The fourth-order valence-electron chi connectivity index (χ4n) is 2.72. The maximum atomic E-state index is 11.7. The van der Waals surface area contributed by atoms with Gasteiger partial charge in [-0.2, -0.15) is 0 Å². The second-order valence-electron chi connectivity index (χ2n) is 5.60. The zero-order chi connectivity index (χ0) is 15.9. The molecule has 0 aliphatic heterocycles. The Kier molecular flexibility index (Phi) is 5.09. The van der Waals surface area contributed by atoms with Gasteiger partial charge in [0.1, 0.15) is 12.4 Å². The van der Waals surface area contributed by atoms with Crippen LogP contribution in [0.15, 0.2) is 42.7 Å². The summed E-state index contributed by atoms with van der Waals surface area (Å²) in [6.07, 6.45) is 6.97. The van der Waals surface area contributed by atoms with Crippen LogP contribution in [0.25, 0.3) is 0 Å². The van der Waals surface area contributed by atoms with Crippen molar-refractivity contribution in [2.75, 3.05) is 13.2 Å².